The van der Waals surface area contributed by atoms with Gasteiger partial charge >= 0.3 is 0 Å². The molecule has 6 heteroatoms. The van der Waals surface area contributed by atoms with Crippen molar-refractivity contribution in [2.24, 2.45) is 0 Å². The lowest BCUT2D eigenvalue weighted by Gasteiger charge is -2.28. The minimum Gasteiger partial charge on any atom is -0.370 e. The van der Waals surface area contributed by atoms with E-state index in [0.717, 1.165) is 36.2 Å². The summed E-state index contributed by atoms with van der Waals surface area (Å²) < 4.78 is 0. The van der Waals surface area contributed by atoms with Crippen molar-refractivity contribution >= 4 is 34.4 Å². The number of thioether (sulfide) groups is 1. The van der Waals surface area contributed by atoms with E-state index in [4.69, 9.17) is 0 Å². The largest absolute Gasteiger partial charge is 0.370 e. The highest BCUT2D eigenvalue weighted by Gasteiger charge is 2.20. The summed E-state index contributed by atoms with van der Waals surface area (Å²) in [5.41, 5.74) is 3.49. The molecule has 0 bridgehead atoms. The van der Waals surface area contributed by atoms with Crippen LogP contribution in [0.4, 0.5) is 5.82 Å². The van der Waals surface area contributed by atoms with Crippen LogP contribution in [0.2, 0.25) is 0 Å². The lowest BCUT2D eigenvalue weighted by molar-refractivity contribution is -0.129. The van der Waals surface area contributed by atoms with Crippen molar-refractivity contribution in [2.45, 2.75) is 25.0 Å². The van der Waals surface area contributed by atoms with Gasteiger partial charge in [0.25, 0.3) is 0 Å². The van der Waals surface area contributed by atoms with Gasteiger partial charge in [-0.1, -0.05) is 48.2 Å². The summed E-state index contributed by atoms with van der Waals surface area (Å²) >= 11 is 1.40. The Morgan fingerprint density at radius 3 is 2.74 bits per heavy atom. The van der Waals surface area contributed by atoms with Gasteiger partial charge in [0, 0.05) is 25.0 Å². The number of nitrogens with one attached hydrogen (secondary N) is 1. The van der Waals surface area contributed by atoms with Crippen molar-refractivity contribution in [3.8, 4) is 0 Å². The van der Waals surface area contributed by atoms with Gasteiger partial charge in [0.05, 0.1) is 11.3 Å². The average Bonchev–Trinajstić information content (AvgIpc) is 2.72. The first kappa shape index (κ1) is 17.8. The number of benzene rings is 2. The number of para-hydroxylation sites is 1. The molecule has 1 N–H and O–H groups in total. The fraction of sp³-hybridized carbons (Fsp3) is 0.286. The zero-order valence-electron chi connectivity index (χ0n) is 15.3. The van der Waals surface area contributed by atoms with Crippen LogP contribution in [0.1, 0.15) is 18.1 Å². The number of amides is 1. The van der Waals surface area contributed by atoms with E-state index in [1.807, 2.05) is 42.2 Å². The van der Waals surface area contributed by atoms with Gasteiger partial charge in [0.15, 0.2) is 5.16 Å². The van der Waals surface area contributed by atoms with Gasteiger partial charge in [-0.05, 0) is 36.6 Å². The second-order valence-corrected chi connectivity index (χ2v) is 7.47. The SMILES string of the molecule is CCNc1nc(SCC(=O)N2CCc3ccccc3C2)nc2ccccc12. The highest BCUT2D eigenvalue weighted by molar-refractivity contribution is 7.99. The summed E-state index contributed by atoms with van der Waals surface area (Å²) in [4.78, 5) is 23.8. The fourth-order valence-corrected chi connectivity index (χ4v) is 4.10. The predicted octanol–water partition coefficient (Wildman–Crippen LogP) is 3.74. The van der Waals surface area contributed by atoms with E-state index < -0.39 is 0 Å². The molecule has 0 aliphatic carbocycles. The van der Waals surface area contributed by atoms with Crippen molar-refractivity contribution in [1.29, 1.82) is 0 Å². The Labute approximate surface area is 163 Å². The molecule has 3 aromatic rings. The minimum atomic E-state index is 0.135. The predicted molar refractivity (Wildman–Crippen MR) is 110 cm³/mol. The van der Waals surface area contributed by atoms with Gasteiger partial charge in [-0.25, -0.2) is 9.97 Å². The van der Waals surface area contributed by atoms with Crippen LogP contribution in [0.3, 0.4) is 0 Å². The number of anilines is 1. The molecule has 0 radical (unpaired) electrons. The van der Waals surface area contributed by atoms with Crippen molar-refractivity contribution in [3.05, 3.63) is 59.7 Å². The fourth-order valence-electron chi connectivity index (χ4n) is 3.35. The van der Waals surface area contributed by atoms with Crippen LogP contribution in [-0.4, -0.2) is 39.6 Å². The Bertz CT molecular complexity index is 975. The zero-order valence-corrected chi connectivity index (χ0v) is 16.1. The van der Waals surface area contributed by atoms with E-state index in [-0.39, 0.29) is 5.91 Å². The van der Waals surface area contributed by atoms with Crippen molar-refractivity contribution < 1.29 is 4.79 Å². The molecule has 0 spiro atoms. The molecule has 1 amide bonds. The molecule has 0 unspecified atom stereocenters. The van der Waals surface area contributed by atoms with E-state index in [2.05, 4.69) is 33.5 Å². The van der Waals surface area contributed by atoms with Gasteiger partial charge in [0.2, 0.25) is 5.91 Å². The lowest BCUT2D eigenvalue weighted by atomic mass is 10.00. The Balaban J connectivity index is 1.46. The van der Waals surface area contributed by atoms with Crippen LogP contribution in [0.15, 0.2) is 53.7 Å². The molecule has 1 aliphatic rings. The van der Waals surface area contributed by atoms with Gasteiger partial charge < -0.3 is 10.2 Å². The third-order valence-electron chi connectivity index (χ3n) is 4.74. The quantitative estimate of drug-likeness (QED) is 0.541. The summed E-state index contributed by atoms with van der Waals surface area (Å²) in [6.07, 6.45) is 0.920. The lowest BCUT2D eigenvalue weighted by Crippen LogP contribution is -2.37. The van der Waals surface area contributed by atoms with E-state index in [1.165, 1.54) is 22.9 Å². The van der Waals surface area contributed by atoms with E-state index >= 15 is 0 Å². The number of aromatic nitrogens is 2. The number of carbonyl (C=O) groups is 1. The van der Waals surface area contributed by atoms with Crippen LogP contribution in [-0.2, 0) is 17.8 Å². The number of nitrogens with zero attached hydrogens (tertiary/aromatic N) is 3. The van der Waals surface area contributed by atoms with E-state index in [0.29, 0.717) is 17.5 Å². The summed E-state index contributed by atoms with van der Waals surface area (Å²) in [5, 5.41) is 4.93. The molecule has 2 heterocycles. The molecular weight excluding hydrogens is 356 g/mol. The minimum absolute atomic E-state index is 0.135. The molecule has 0 fully saturated rings. The average molecular weight is 379 g/mol. The molecule has 1 aliphatic heterocycles. The molecule has 138 valence electrons. The van der Waals surface area contributed by atoms with Crippen LogP contribution in [0, 0.1) is 0 Å². The topological polar surface area (TPSA) is 58.1 Å². The number of rotatable bonds is 5. The molecular formula is C21H22N4OS. The van der Waals surface area contributed by atoms with E-state index in [9.17, 15) is 4.79 Å². The third kappa shape index (κ3) is 3.90. The van der Waals surface area contributed by atoms with Crippen LogP contribution < -0.4 is 5.32 Å². The molecule has 1 aromatic heterocycles. The highest BCUT2D eigenvalue weighted by atomic mass is 32.2. The monoisotopic (exact) mass is 378 g/mol. The molecule has 0 saturated heterocycles. The summed E-state index contributed by atoms with van der Waals surface area (Å²) in [6.45, 7) is 4.30. The van der Waals surface area contributed by atoms with Crippen LogP contribution in [0.25, 0.3) is 10.9 Å². The van der Waals surface area contributed by atoms with Gasteiger partial charge in [0.1, 0.15) is 5.82 Å². The van der Waals surface area contributed by atoms with Crippen LogP contribution >= 0.6 is 11.8 Å². The normalized spacial score (nSPS) is 13.4. The first-order valence-corrected chi connectivity index (χ1v) is 10.2. The Morgan fingerprint density at radius 2 is 1.89 bits per heavy atom. The zero-order chi connectivity index (χ0) is 18.6. The van der Waals surface area contributed by atoms with Crippen LogP contribution in [0.5, 0.6) is 0 Å². The number of hydrogen-bond donors (Lipinski definition) is 1. The summed E-state index contributed by atoms with van der Waals surface area (Å²) in [5.74, 6) is 1.31. The Hall–Kier alpha value is -2.60. The number of hydrogen-bond acceptors (Lipinski definition) is 5. The summed E-state index contributed by atoms with van der Waals surface area (Å²) in [6, 6.07) is 16.3. The molecule has 27 heavy (non-hydrogen) atoms. The van der Waals surface area contributed by atoms with Crippen molar-refractivity contribution in [2.75, 3.05) is 24.2 Å². The maximum Gasteiger partial charge on any atom is 0.233 e. The molecule has 0 atom stereocenters. The molecule has 4 rings (SSSR count). The van der Waals surface area contributed by atoms with E-state index in [1.54, 1.807) is 0 Å². The maximum absolute atomic E-state index is 12.7. The Kier molecular flexibility index (Phi) is 5.25. The van der Waals surface area contributed by atoms with Gasteiger partial charge in [-0.2, -0.15) is 0 Å². The molecule has 2 aromatic carbocycles. The van der Waals surface area contributed by atoms with Crippen molar-refractivity contribution in [1.82, 2.24) is 14.9 Å². The first-order chi connectivity index (χ1) is 13.2. The standard InChI is InChI=1S/C21H22N4OS/c1-2-22-20-17-9-5-6-10-18(17)23-21(24-20)27-14-19(26)25-12-11-15-7-3-4-8-16(15)13-25/h3-10H,2,11-14H2,1H3,(H,22,23,24). The second kappa shape index (κ2) is 7.96. The first-order valence-electron chi connectivity index (χ1n) is 9.22. The molecule has 5 nitrogen and oxygen atoms in total. The summed E-state index contributed by atoms with van der Waals surface area (Å²) in [7, 11) is 0. The molecule has 0 saturated carbocycles. The Morgan fingerprint density at radius 1 is 1.11 bits per heavy atom. The maximum atomic E-state index is 12.7. The second-order valence-electron chi connectivity index (χ2n) is 6.52. The van der Waals surface area contributed by atoms with Gasteiger partial charge in [-0.15, -0.1) is 0 Å². The number of fused-ring (bicyclic) bond motifs is 2. The number of carbonyl (C=O) groups excluding carboxylic acids is 1. The third-order valence-corrected chi connectivity index (χ3v) is 5.57. The smallest absolute Gasteiger partial charge is 0.233 e. The highest BCUT2D eigenvalue weighted by Crippen LogP contribution is 2.25. The van der Waals surface area contributed by atoms with Gasteiger partial charge in [-0.3, -0.25) is 4.79 Å². The van der Waals surface area contributed by atoms with Crippen molar-refractivity contribution in [3.63, 3.8) is 0 Å².